The van der Waals surface area contributed by atoms with E-state index in [2.05, 4.69) is 9.97 Å². The predicted octanol–water partition coefficient (Wildman–Crippen LogP) is 1.82. The molecule has 0 saturated carbocycles. The molecule has 1 unspecified atom stereocenters. The number of hydrogen-bond acceptors (Lipinski definition) is 7. The molecule has 3 aromatic rings. The maximum absolute atomic E-state index is 10.9. The first kappa shape index (κ1) is 19.0. The van der Waals surface area contributed by atoms with E-state index in [1.807, 2.05) is 27.5 Å². The van der Waals surface area contributed by atoms with Crippen LogP contribution in [0.1, 0.15) is 12.5 Å². The monoisotopic (exact) mass is 398 g/mol. The Morgan fingerprint density at radius 1 is 1.38 bits per heavy atom. The molecule has 9 nitrogen and oxygen atoms in total. The van der Waals surface area contributed by atoms with E-state index >= 15 is 0 Å². The number of thiophene rings is 1. The fraction of sp³-hybridized carbons (Fsp3) is 0.333. The van der Waals surface area contributed by atoms with Crippen molar-refractivity contribution in [2.45, 2.75) is 12.5 Å². The molecule has 0 amide bonds. The van der Waals surface area contributed by atoms with Crippen LogP contribution in [0.15, 0.2) is 29.2 Å². The van der Waals surface area contributed by atoms with Crippen molar-refractivity contribution in [3.63, 3.8) is 0 Å². The van der Waals surface area contributed by atoms with Gasteiger partial charge >= 0.3 is 7.60 Å². The number of fused-ring (bicyclic) bond motifs is 1. The Hall–Kier alpha value is -1.81. The first-order chi connectivity index (χ1) is 12.4. The van der Waals surface area contributed by atoms with Crippen LogP contribution in [0, 0.1) is 0 Å². The van der Waals surface area contributed by atoms with Gasteiger partial charge in [-0.25, -0.2) is 9.97 Å². The highest BCUT2D eigenvalue weighted by Crippen LogP contribution is 2.36. The minimum atomic E-state index is -4.22. The Morgan fingerprint density at radius 2 is 2.19 bits per heavy atom. The maximum atomic E-state index is 10.9. The third-order valence-corrected chi connectivity index (χ3v) is 5.11. The van der Waals surface area contributed by atoms with Crippen molar-refractivity contribution < 1.29 is 24.2 Å². The SMILES string of the molecule is Nc1ncnc2c1cc(-c1ccsc1)n2C(CO)CCOCP(=O)(O)O. The van der Waals surface area contributed by atoms with Crippen molar-refractivity contribution in [2.75, 3.05) is 25.3 Å². The summed E-state index contributed by atoms with van der Waals surface area (Å²) in [5, 5.41) is 14.5. The highest BCUT2D eigenvalue weighted by Gasteiger charge is 2.21. The normalized spacial score (nSPS) is 13.3. The number of ether oxygens (including phenoxy) is 1. The zero-order chi connectivity index (χ0) is 18.7. The number of aliphatic hydroxyl groups is 1. The molecule has 3 heterocycles. The first-order valence-corrected chi connectivity index (χ1v) is 10.5. The minimum Gasteiger partial charge on any atom is -0.394 e. The van der Waals surface area contributed by atoms with E-state index in [-0.39, 0.29) is 13.2 Å². The molecule has 3 rings (SSSR count). The van der Waals surface area contributed by atoms with E-state index < -0.39 is 20.0 Å². The maximum Gasteiger partial charge on any atom is 0.350 e. The fourth-order valence-electron chi connectivity index (χ4n) is 2.76. The van der Waals surface area contributed by atoms with Crippen LogP contribution in [0.3, 0.4) is 0 Å². The van der Waals surface area contributed by atoms with E-state index in [9.17, 15) is 9.67 Å². The summed E-state index contributed by atoms with van der Waals surface area (Å²) >= 11 is 1.55. The number of aromatic nitrogens is 3. The molecule has 0 aliphatic carbocycles. The molecule has 0 aromatic carbocycles. The molecule has 0 spiro atoms. The van der Waals surface area contributed by atoms with Gasteiger partial charge in [0.2, 0.25) is 0 Å². The smallest absolute Gasteiger partial charge is 0.350 e. The Kier molecular flexibility index (Phi) is 5.71. The number of nitrogen functional groups attached to an aromatic ring is 1. The van der Waals surface area contributed by atoms with E-state index in [1.54, 1.807) is 11.3 Å². The second-order valence-corrected chi connectivity index (χ2v) is 8.10. The Bertz CT molecular complexity index is 924. The number of hydrogen-bond donors (Lipinski definition) is 4. The van der Waals surface area contributed by atoms with Gasteiger partial charge < -0.3 is 29.9 Å². The van der Waals surface area contributed by atoms with Crippen molar-refractivity contribution in [2.24, 2.45) is 0 Å². The second-order valence-electron chi connectivity index (χ2n) is 5.73. The van der Waals surface area contributed by atoms with Crippen LogP contribution < -0.4 is 5.73 Å². The third kappa shape index (κ3) is 4.12. The molecule has 0 aliphatic rings. The number of aliphatic hydroxyl groups excluding tert-OH is 1. The lowest BCUT2D eigenvalue weighted by molar-refractivity contribution is 0.127. The van der Waals surface area contributed by atoms with Gasteiger partial charge in [0.05, 0.1) is 23.7 Å². The van der Waals surface area contributed by atoms with Crippen molar-refractivity contribution >= 4 is 35.8 Å². The summed E-state index contributed by atoms with van der Waals surface area (Å²) in [6.45, 7) is -0.107. The lowest BCUT2D eigenvalue weighted by Gasteiger charge is -2.20. The molecule has 140 valence electrons. The van der Waals surface area contributed by atoms with Crippen molar-refractivity contribution in [3.8, 4) is 11.3 Å². The Labute approximate surface area is 153 Å². The summed E-state index contributed by atoms with van der Waals surface area (Å²) in [5.41, 5.74) is 8.35. The molecule has 26 heavy (non-hydrogen) atoms. The molecule has 5 N–H and O–H groups in total. The summed E-state index contributed by atoms with van der Waals surface area (Å²) < 4.78 is 17.8. The highest BCUT2D eigenvalue weighted by atomic mass is 32.1. The number of rotatable bonds is 8. The molecule has 0 saturated heterocycles. The quantitative estimate of drug-likeness (QED) is 0.332. The topological polar surface area (TPSA) is 144 Å². The van der Waals surface area contributed by atoms with Crippen LogP contribution in [-0.2, 0) is 9.30 Å². The lowest BCUT2D eigenvalue weighted by Crippen LogP contribution is -2.17. The van der Waals surface area contributed by atoms with E-state index in [4.69, 9.17) is 20.3 Å². The molecule has 0 bridgehead atoms. The summed E-state index contributed by atoms with van der Waals surface area (Å²) in [6, 6.07) is 3.44. The molecular weight excluding hydrogens is 379 g/mol. The van der Waals surface area contributed by atoms with E-state index in [0.717, 1.165) is 11.3 Å². The van der Waals surface area contributed by atoms with Gasteiger partial charge in [-0.15, -0.1) is 0 Å². The molecule has 3 aromatic heterocycles. The van der Waals surface area contributed by atoms with Crippen LogP contribution in [0.25, 0.3) is 22.3 Å². The van der Waals surface area contributed by atoms with Crippen molar-refractivity contribution in [1.29, 1.82) is 0 Å². The molecule has 0 radical (unpaired) electrons. The van der Waals surface area contributed by atoms with Gasteiger partial charge in [0.25, 0.3) is 0 Å². The van der Waals surface area contributed by atoms with Crippen LogP contribution in [-0.4, -0.2) is 49.0 Å². The first-order valence-electron chi connectivity index (χ1n) is 7.78. The fourth-order valence-corrected chi connectivity index (χ4v) is 3.77. The zero-order valence-corrected chi connectivity index (χ0v) is 15.4. The van der Waals surface area contributed by atoms with Crippen LogP contribution in [0.2, 0.25) is 0 Å². The zero-order valence-electron chi connectivity index (χ0n) is 13.7. The van der Waals surface area contributed by atoms with E-state index in [0.29, 0.717) is 23.3 Å². The number of anilines is 1. The van der Waals surface area contributed by atoms with Crippen molar-refractivity contribution in [3.05, 3.63) is 29.2 Å². The molecule has 0 aliphatic heterocycles. The standard InChI is InChI=1S/C15H19N4O5PS/c16-14-12-5-13(10-2-4-26-7-10)19(15(12)18-8-17-14)11(6-20)1-3-24-9-25(21,22)23/h2,4-5,7-8,11,20H,1,3,6,9H2,(H2,16,17,18)(H2,21,22,23). The predicted molar refractivity (Wildman–Crippen MR) is 98.9 cm³/mol. The van der Waals surface area contributed by atoms with Crippen LogP contribution >= 0.6 is 18.9 Å². The van der Waals surface area contributed by atoms with Gasteiger partial charge in [0.15, 0.2) is 0 Å². The summed E-state index contributed by atoms with van der Waals surface area (Å²) in [5.74, 6) is 0.347. The average Bonchev–Trinajstić information content (AvgIpc) is 3.22. The minimum absolute atomic E-state index is 0.0830. The third-order valence-electron chi connectivity index (χ3n) is 3.91. The Morgan fingerprint density at radius 3 is 2.85 bits per heavy atom. The van der Waals surface area contributed by atoms with Gasteiger partial charge in [-0.3, -0.25) is 4.57 Å². The highest BCUT2D eigenvalue weighted by molar-refractivity contribution is 7.51. The Balaban J connectivity index is 1.94. The van der Waals surface area contributed by atoms with Crippen LogP contribution in [0.5, 0.6) is 0 Å². The summed E-state index contributed by atoms with van der Waals surface area (Å²) in [7, 11) is -4.22. The second kappa shape index (κ2) is 7.83. The average molecular weight is 398 g/mol. The van der Waals surface area contributed by atoms with Gasteiger partial charge in [-0.1, -0.05) is 0 Å². The van der Waals surface area contributed by atoms with Gasteiger partial charge in [-0.05, 0) is 23.9 Å². The van der Waals surface area contributed by atoms with Gasteiger partial charge in [-0.2, -0.15) is 11.3 Å². The number of nitrogens with zero attached hydrogens (tertiary/aromatic N) is 3. The lowest BCUT2D eigenvalue weighted by atomic mass is 10.2. The number of nitrogens with two attached hydrogens (primary N) is 1. The molecule has 0 fully saturated rings. The van der Waals surface area contributed by atoms with Crippen LogP contribution in [0.4, 0.5) is 5.82 Å². The molecular formula is C15H19N4O5PS. The van der Waals surface area contributed by atoms with Gasteiger partial charge in [0.1, 0.15) is 24.1 Å². The van der Waals surface area contributed by atoms with Gasteiger partial charge in [0, 0.05) is 17.6 Å². The largest absolute Gasteiger partial charge is 0.394 e. The van der Waals surface area contributed by atoms with E-state index in [1.165, 1.54) is 6.33 Å². The molecule has 11 heteroatoms. The molecule has 1 atom stereocenters. The summed E-state index contributed by atoms with van der Waals surface area (Å²) in [6.07, 6.45) is 1.07. The summed E-state index contributed by atoms with van der Waals surface area (Å²) in [4.78, 5) is 26.1. The van der Waals surface area contributed by atoms with Crippen molar-refractivity contribution in [1.82, 2.24) is 14.5 Å².